The Balaban J connectivity index is 1.69. The molecule has 2 N–H and O–H groups in total. The fraction of sp³-hybridized carbons (Fsp3) is 0.357. The molecule has 1 saturated carbocycles. The maximum Gasteiger partial charge on any atom is 0.309 e. The molecule has 1 fully saturated rings. The van der Waals surface area contributed by atoms with Gasteiger partial charge >= 0.3 is 5.97 Å². The molecule has 0 heterocycles. The van der Waals surface area contributed by atoms with Crippen LogP contribution in [0.5, 0.6) is 0 Å². The number of hydrogen-bond acceptors (Lipinski definition) is 4. The lowest BCUT2D eigenvalue weighted by atomic mass is 10.2. The Morgan fingerprint density at radius 2 is 1.86 bits per heavy atom. The molecule has 1 aromatic rings. The minimum Gasteiger partial charge on any atom is -0.455 e. The number of ether oxygens (including phenoxy) is 1. The van der Waals surface area contributed by atoms with E-state index in [4.69, 9.17) is 16.3 Å². The number of carbonyl (C=O) groups excluding carboxylic acids is 3. The molecule has 0 aliphatic heterocycles. The van der Waals surface area contributed by atoms with Crippen molar-refractivity contribution in [2.45, 2.75) is 13.3 Å². The minimum atomic E-state index is -0.598. The Kier molecular flexibility index (Phi) is 4.80. The second-order valence-electron chi connectivity index (χ2n) is 4.94. The highest BCUT2D eigenvalue weighted by molar-refractivity contribution is 6.30. The van der Waals surface area contributed by atoms with Crippen LogP contribution >= 0.6 is 11.6 Å². The molecule has 21 heavy (non-hydrogen) atoms. The Hall–Kier alpha value is -2.08. The molecule has 112 valence electrons. The molecular formula is C14H15ClN2O4. The van der Waals surface area contributed by atoms with Crippen LogP contribution in [0.1, 0.15) is 23.7 Å². The number of benzene rings is 1. The zero-order valence-electron chi connectivity index (χ0n) is 11.4. The number of hydrogen-bond donors (Lipinski definition) is 2. The van der Waals surface area contributed by atoms with Crippen LogP contribution in [0, 0.1) is 11.8 Å². The largest absolute Gasteiger partial charge is 0.455 e. The summed E-state index contributed by atoms with van der Waals surface area (Å²) < 4.78 is 4.83. The van der Waals surface area contributed by atoms with Crippen LogP contribution in [0.25, 0.3) is 0 Å². The van der Waals surface area contributed by atoms with E-state index in [9.17, 15) is 14.4 Å². The summed E-state index contributed by atoms with van der Waals surface area (Å²) >= 11 is 5.71. The van der Waals surface area contributed by atoms with Gasteiger partial charge in [0.1, 0.15) is 0 Å². The van der Waals surface area contributed by atoms with E-state index in [2.05, 4.69) is 10.9 Å². The highest BCUT2D eigenvalue weighted by Gasteiger charge is 2.40. The molecule has 2 rings (SSSR count). The third-order valence-electron chi connectivity index (χ3n) is 3.18. The Morgan fingerprint density at radius 3 is 2.43 bits per heavy atom. The molecule has 0 spiro atoms. The van der Waals surface area contributed by atoms with Crippen LogP contribution in [0.4, 0.5) is 0 Å². The van der Waals surface area contributed by atoms with Crippen LogP contribution in [0.2, 0.25) is 5.02 Å². The van der Waals surface area contributed by atoms with Gasteiger partial charge in [0, 0.05) is 10.6 Å². The molecule has 6 nitrogen and oxygen atoms in total. The van der Waals surface area contributed by atoms with Crippen molar-refractivity contribution >= 4 is 29.4 Å². The van der Waals surface area contributed by atoms with E-state index in [1.165, 1.54) is 12.1 Å². The molecule has 0 saturated heterocycles. The molecule has 2 amide bonds. The maximum absolute atomic E-state index is 11.7. The number of nitrogens with one attached hydrogen (secondary N) is 2. The molecule has 1 aliphatic rings. The fourth-order valence-corrected chi connectivity index (χ4v) is 1.86. The Bertz CT molecular complexity index is 559. The second-order valence-corrected chi connectivity index (χ2v) is 5.37. The van der Waals surface area contributed by atoms with Crippen molar-refractivity contribution in [3.05, 3.63) is 34.9 Å². The lowest BCUT2D eigenvalue weighted by molar-refractivity contribution is -0.150. The summed E-state index contributed by atoms with van der Waals surface area (Å²) in [5.41, 5.74) is 4.75. The van der Waals surface area contributed by atoms with Crippen molar-refractivity contribution < 1.29 is 19.1 Å². The zero-order valence-corrected chi connectivity index (χ0v) is 12.1. The van der Waals surface area contributed by atoms with Gasteiger partial charge in [0.05, 0.1) is 5.92 Å². The van der Waals surface area contributed by atoms with Crippen molar-refractivity contribution in [1.29, 1.82) is 0 Å². The van der Waals surface area contributed by atoms with Crippen LogP contribution in [0.3, 0.4) is 0 Å². The lowest BCUT2D eigenvalue weighted by Crippen LogP contribution is -2.43. The van der Waals surface area contributed by atoms with E-state index in [0.29, 0.717) is 16.5 Å². The zero-order chi connectivity index (χ0) is 15.4. The summed E-state index contributed by atoms with van der Waals surface area (Å²) in [6.45, 7) is 1.53. The van der Waals surface area contributed by atoms with E-state index >= 15 is 0 Å². The van der Waals surface area contributed by atoms with Crippen LogP contribution in [-0.4, -0.2) is 24.4 Å². The minimum absolute atomic E-state index is 0.0959. The molecule has 7 heteroatoms. The summed E-state index contributed by atoms with van der Waals surface area (Å²) in [5.74, 6) is -1.23. The van der Waals surface area contributed by atoms with E-state index in [-0.39, 0.29) is 11.9 Å². The molecular weight excluding hydrogens is 296 g/mol. The number of halogens is 1. The van der Waals surface area contributed by atoms with Gasteiger partial charge in [0.25, 0.3) is 11.8 Å². The molecule has 0 aromatic heterocycles. The van der Waals surface area contributed by atoms with E-state index in [1.54, 1.807) is 12.1 Å². The molecule has 1 aromatic carbocycles. The summed E-state index contributed by atoms with van der Waals surface area (Å²) in [6, 6.07) is 6.18. The summed E-state index contributed by atoms with van der Waals surface area (Å²) in [5, 5.41) is 0.511. The van der Waals surface area contributed by atoms with Gasteiger partial charge in [-0.25, -0.2) is 0 Å². The average Bonchev–Trinajstić information content (AvgIpc) is 3.20. The molecule has 2 atom stereocenters. The quantitative estimate of drug-likeness (QED) is 0.648. The normalized spacial score (nSPS) is 19.5. The van der Waals surface area contributed by atoms with Gasteiger partial charge in [0.15, 0.2) is 6.61 Å². The van der Waals surface area contributed by atoms with Crippen LogP contribution < -0.4 is 10.9 Å². The summed E-state index contributed by atoms with van der Waals surface area (Å²) in [7, 11) is 0. The van der Waals surface area contributed by atoms with Gasteiger partial charge in [-0.2, -0.15) is 0 Å². The molecule has 1 aliphatic carbocycles. The van der Waals surface area contributed by atoms with E-state index < -0.39 is 18.4 Å². The first-order chi connectivity index (χ1) is 9.97. The SMILES string of the molecule is C[C@@H]1C[C@@H]1C(=O)OCC(=O)NNC(=O)c1ccc(Cl)cc1. The predicted octanol–water partition coefficient (Wildman–Crippen LogP) is 1.30. The van der Waals surface area contributed by atoms with Crippen molar-refractivity contribution in [2.75, 3.05) is 6.61 Å². The first-order valence-corrected chi connectivity index (χ1v) is 6.86. The van der Waals surface area contributed by atoms with Crippen molar-refractivity contribution in [1.82, 2.24) is 10.9 Å². The summed E-state index contributed by atoms with van der Waals surface area (Å²) in [6.07, 6.45) is 0.799. The summed E-state index contributed by atoms with van der Waals surface area (Å²) in [4.78, 5) is 34.5. The molecule has 0 unspecified atom stereocenters. The third-order valence-corrected chi connectivity index (χ3v) is 3.43. The van der Waals surface area contributed by atoms with Gasteiger partial charge in [-0.15, -0.1) is 0 Å². The highest BCUT2D eigenvalue weighted by atomic mass is 35.5. The number of esters is 1. The van der Waals surface area contributed by atoms with Crippen LogP contribution in [-0.2, 0) is 14.3 Å². The topological polar surface area (TPSA) is 84.5 Å². The highest BCUT2D eigenvalue weighted by Crippen LogP contribution is 2.38. The first kappa shape index (κ1) is 15.3. The average molecular weight is 311 g/mol. The van der Waals surface area contributed by atoms with Crippen molar-refractivity contribution in [2.24, 2.45) is 11.8 Å². The smallest absolute Gasteiger partial charge is 0.309 e. The standard InChI is InChI=1S/C14H15ClN2O4/c1-8-6-11(8)14(20)21-7-12(18)16-17-13(19)9-2-4-10(15)5-3-9/h2-5,8,11H,6-7H2,1H3,(H,16,18)(H,17,19)/t8-,11+/m1/s1. The van der Waals surface area contributed by atoms with Gasteiger partial charge in [-0.3, -0.25) is 25.2 Å². The number of rotatable bonds is 4. The van der Waals surface area contributed by atoms with E-state index in [0.717, 1.165) is 6.42 Å². The number of amides is 2. The molecule has 0 radical (unpaired) electrons. The lowest BCUT2D eigenvalue weighted by Gasteiger charge is -2.08. The molecule has 0 bridgehead atoms. The first-order valence-electron chi connectivity index (χ1n) is 6.48. The van der Waals surface area contributed by atoms with Crippen LogP contribution in [0.15, 0.2) is 24.3 Å². The van der Waals surface area contributed by atoms with Crippen molar-refractivity contribution in [3.63, 3.8) is 0 Å². The Morgan fingerprint density at radius 1 is 1.24 bits per heavy atom. The number of carbonyl (C=O) groups is 3. The predicted molar refractivity (Wildman–Crippen MR) is 75.3 cm³/mol. The van der Waals surface area contributed by atoms with Gasteiger partial charge in [0.2, 0.25) is 0 Å². The van der Waals surface area contributed by atoms with Gasteiger partial charge < -0.3 is 4.74 Å². The van der Waals surface area contributed by atoms with E-state index in [1.807, 2.05) is 6.92 Å². The second kappa shape index (κ2) is 6.58. The monoisotopic (exact) mass is 310 g/mol. The number of hydrazine groups is 1. The Labute approximate surface area is 126 Å². The van der Waals surface area contributed by atoms with Gasteiger partial charge in [-0.1, -0.05) is 18.5 Å². The van der Waals surface area contributed by atoms with Gasteiger partial charge in [-0.05, 0) is 36.6 Å². The third kappa shape index (κ3) is 4.46. The van der Waals surface area contributed by atoms with Crippen molar-refractivity contribution in [3.8, 4) is 0 Å². The fourth-order valence-electron chi connectivity index (χ4n) is 1.73. The maximum atomic E-state index is 11.7.